The first-order valence-corrected chi connectivity index (χ1v) is 3.20. The topological polar surface area (TPSA) is 65.0 Å². The molecule has 1 rings (SSSR count). The second-order valence-corrected chi connectivity index (χ2v) is 2.63. The lowest BCUT2D eigenvalue weighted by Gasteiger charge is -2.31. The molecule has 0 aliphatic carbocycles. The van der Waals surface area contributed by atoms with Gasteiger partial charge in [-0.3, -0.25) is 0 Å². The van der Waals surface area contributed by atoms with Gasteiger partial charge in [-0.1, -0.05) is 0 Å². The number of hydrogen-bond acceptors (Lipinski definition) is 4. The van der Waals surface area contributed by atoms with E-state index in [9.17, 15) is 4.79 Å². The molecule has 0 unspecified atom stereocenters. The van der Waals surface area contributed by atoms with E-state index < -0.39 is 11.8 Å². The average Bonchev–Trinajstić information content (AvgIpc) is 1.85. The van der Waals surface area contributed by atoms with Crippen molar-refractivity contribution in [2.45, 2.75) is 12.5 Å². The Hall–Kier alpha value is -0.810. The van der Waals surface area contributed by atoms with Gasteiger partial charge in [0, 0.05) is 0 Å². The molecule has 0 amide bonds. The summed E-state index contributed by atoms with van der Waals surface area (Å²) in [6, 6.07) is 0. The van der Waals surface area contributed by atoms with Crippen LogP contribution in [-0.2, 0) is 14.2 Å². The molecule has 0 aromatic carbocycles. The van der Waals surface area contributed by atoms with E-state index in [1.807, 2.05) is 0 Å². The third-order valence-electron chi connectivity index (χ3n) is 1.32. The smallest absolute Gasteiger partial charge is 0.450 e. The molecule has 1 heterocycles. The van der Waals surface area contributed by atoms with Crippen molar-refractivity contribution in [3.8, 4) is 0 Å². The number of carbonyl (C=O) groups is 1. The lowest BCUT2D eigenvalue weighted by Crippen LogP contribution is -2.44. The Bertz CT molecular complexity index is 149. The Morgan fingerprint density at radius 2 is 2.09 bits per heavy atom. The fourth-order valence-electron chi connectivity index (χ4n) is 0.885. The summed E-state index contributed by atoms with van der Waals surface area (Å²) in [4.78, 5) is 10.1. The van der Waals surface area contributed by atoms with E-state index in [4.69, 9.17) is 14.6 Å². The van der Waals surface area contributed by atoms with Crippen molar-refractivity contribution >= 4 is 6.16 Å². The van der Waals surface area contributed by atoms with Gasteiger partial charge in [0.2, 0.25) is 0 Å². The van der Waals surface area contributed by atoms with E-state index in [2.05, 4.69) is 4.74 Å². The van der Waals surface area contributed by atoms with Gasteiger partial charge >= 0.3 is 6.16 Å². The van der Waals surface area contributed by atoms with Crippen LogP contribution in [0.25, 0.3) is 0 Å². The van der Waals surface area contributed by atoms with Gasteiger partial charge in [-0.15, -0.1) is 0 Å². The summed E-state index contributed by atoms with van der Waals surface area (Å²) in [7, 11) is 0. The van der Waals surface area contributed by atoms with E-state index >= 15 is 0 Å². The van der Waals surface area contributed by atoms with Crippen molar-refractivity contribution in [3.63, 3.8) is 0 Å². The van der Waals surface area contributed by atoms with Gasteiger partial charge < -0.3 is 19.3 Å². The molecule has 0 bridgehead atoms. The number of rotatable bonds is 1. The Morgan fingerprint density at radius 1 is 1.55 bits per heavy atom. The molecule has 1 aliphatic heterocycles. The maximum atomic E-state index is 10.1. The van der Waals surface area contributed by atoms with E-state index in [1.54, 1.807) is 6.92 Å². The molecule has 11 heavy (non-hydrogen) atoms. The number of carboxylic acid groups (broad SMARTS) is 1. The SMILES string of the molecule is CC1(OC(=O)O)COCOC1. The molecule has 0 atom stereocenters. The minimum Gasteiger partial charge on any atom is -0.450 e. The van der Waals surface area contributed by atoms with Crippen LogP contribution in [0.3, 0.4) is 0 Å². The van der Waals surface area contributed by atoms with Crippen molar-refractivity contribution in [1.29, 1.82) is 0 Å². The quantitative estimate of drug-likeness (QED) is 0.567. The second kappa shape index (κ2) is 3.06. The number of ether oxygens (including phenoxy) is 3. The molecule has 1 fully saturated rings. The van der Waals surface area contributed by atoms with Crippen molar-refractivity contribution in [3.05, 3.63) is 0 Å². The fourth-order valence-corrected chi connectivity index (χ4v) is 0.885. The standard InChI is InChI=1S/C6H10O5/c1-6(11-5(7)8)2-9-4-10-3-6/h2-4H2,1H3,(H,7,8). The van der Waals surface area contributed by atoms with Gasteiger partial charge in [-0.25, -0.2) is 4.79 Å². The van der Waals surface area contributed by atoms with E-state index in [0.29, 0.717) is 0 Å². The van der Waals surface area contributed by atoms with Crippen LogP contribution in [0.4, 0.5) is 4.79 Å². The Morgan fingerprint density at radius 3 is 2.55 bits per heavy atom. The van der Waals surface area contributed by atoms with Gasteiger partial charge in [-0.05, 0) is 6.92 Å². The molecular formula is C6H10O5. The van der Waals surface area contributed by atoms with E-state index in [0.717, 1.165) is 0 Å². The summed E-state index contributed by atoms with van der Waals surface area (Å²) < 4.78 is 14.3. The molecule has 0 saturated carbocycles. The monoisotopic (exact) mass is 162 g/mol. The molecule has 0 spiro atoms. The summed E-state index contributed by atoms with van der Waals surface area (Å²) in [5, 5.41) is 8.30. The lowest BCUT2D eigenvalue weighted by atomic mass is 10.1. The highest BCUT2D eigenvalue weighted by molar-refractivity contribution is 5.57. The van der Waals surface area contributed by atoms with Crippen molar-refractivity contribution in [2.24, 2.45) is 0 Å². The molecule has 5 nitrogen and oxygen atoms in total. The molecule has 1 aliphatic rings. The maximum absolute atomic E-state index is 10.1. The Balaban J connectivity index is 2.43. The van der Waals surface area contributed by atoms with E-state index in [1.165, 1.54) is 0 Å². The van der Waals surface area contributed by atoms with Crippen LogP contribution in [0.15, 0.2) is 0 Å². The molecule has 1 N–H and O–H groups in total. The maximum Gasteiger partial charge on any atom is 0.506 e. The minimum absolute atomic E-state index is 0.207. The van der Waals surface area contributed by atoms with Crippen molar-refractivity contribution in [2.75, 3.05) is 20.0 Å². The molecule has 0 radical (unpaired) electrons. The predicted molar refractivity (Wildman–Crippen MR) is 34.3 cm³/mol. The Kier molecular flexibility index (Phi) is 2.31. The third kappa shape index (κ3) is 2.36. The summed E-state index contributed by atoms with van der Waals surface area (Å²) in [5.41, 5.74) is -0.843. The molecular weight excluding hydrogens is 152 g/mol. The largest absolute Gasteiger partial charge is 0.506 e. The van der Waals surface area contributed by atoms with Crippen LogP contribution < -0.4 is 0 Å². The normalized spacial score (nSPS) is 22.6. The second-order valence-electron chi connectivity index (χ2n) is 2.63. The molecule has 5 heteroatoms. The summed E-state index contributed by atoms with van der Waals surface area (Å²) in [6.07, 6.45) is -1.30. The number of hydrogen-bond donors (Lipinski definition) is 1. The summed E-state index contributed by atoms with van der Waals surface area (Å²) in [5.74, 6) is 0. The van der Waals surface area contributed by atoms with Crippen LogP contribution in [0.2, 0.25) is 0 Å². The van der Waals surface area contributed by atoms with Gasteiger partial charge in [0.05, 0.1) is 13.2 Å². The van der Waals surface area contributed by atoms with Crippen LogP contribution in [0.1, 0.15) is 6.92 Å². The predicted octanol–water partition coefficient (Wildman–Crippen LogP) is 0.444. The zero-order valence-electron chi connectivity index (χ0n) is 6.20. The summed E-state index contributed by atoms with van der Waals surface area (Å²) >= 11 is 0. The Labute approximate surface area is 63.9 Å². The first kappa shape index (κ1) is 8.29. The lowest BCUT2D eigenvalue weighted by molar-refractivity contribution is -0.196. The third-order valence-corrected chi connectivity index (χ3v) is 1.32. The fraction of sp³-hybridized carbons (Fsp3) is 0.833. The molecule has 0 aromatic rings. The highest BCUT2D eigenvalue weighted by atomic mass is 16.7. The first-order chi connectivity index (χ1) is 5.12. The molecule has 1 saturated heterocycles. The van der Waals surface area contributed by atoms with Crippen LogP contribution >= 0.6 is 0 Å². The van der Waals surface area contributed by atoms with Gasteiger partial charge in [0.25, 0.3) is 0 Å². The van der Waals surface area contributed by atoms with Crippen molar-refractivity contribution < 1.29 is 24.1 Å². The van der Waals surface area contributed by atoms with Crippen LogP contribution in [0.5, 0.6) is 0 Å². The van der Waals surface area contributed by atoms with Crippen LogP contribution in [0, 0.1) is 0 Å². The van der Waals surface area contributed by atoms with Gasteiger partial charge in [0.15, 0.2) is 5.60 Å². The first-order valence-electron chi connectivity index (χ1n) is 3.20. The minimum atomic E-state index is -1.30. The zero-order valence-corrected chi connectivity index (χ0v) is 6.20. The molecule has 64 valence electrons. The zero-order chi connectivity index (χ0) is 8.32. The van der Waals surface area contributed by atoms with Crippen LogP contribution in [-0.4, -0.2) is 36.9 Å². The summed E-state index contributed by atoms with van der Waals surface area (Å²) in [6.45, 7) is 2.33. The average molecular weight is 162 g/mol. The highest BCUT2D eigenvalue weighted by Gasteiger charge is 2.32. The van der Waals surface area contributed by atoms with Gasteiger partial charge in [-0.2, -0.15) is 0 Å². The highest BCUT2D eigenvalue weighted by Crippen LogP contribution is 2.15. The van der Waals surface area contributed by atoms with Gasteiger partial charge in [0.1, 0.15) is 6.79 Å². The molecule has 0 aromatic heterocycles. The van der Waals surface area contributed by atoms with E-state index in [-0.39, 0.29) is 20.0 Å². The van der Waals surface area contributed by atoms with Crippen molar-refractivity contribution in [1.82, 2.24) is 0 Å².